The molecule has 1 aromatic rings. The van der Waals surface area contributed by atoms with Crippen LogP contribution in [0.3, 0.4) is 0 Å². The highest BCUT2D eigenvalue weighted by Crippen LogP contribution is 2.31. The van der Waals surface area contributed by atoms with Gasteiger partial charge in [0.1, 0.15) is 17.5 Å². The number of carbonyl (C=O) groups excluding carboxylic acids is 1. The number of benzene rings is 1. The van der Waals surface area contributed by atoms with E-state index in [9.17, 15) is 4.79 Å². The Morgan fingerprint density at radius 3 is 2.55 bits per heavy atom. The van der Waals surface area contributed by atoms with Crippen LogP contribution in [0.2, 0.25) is 0 Å². The molecule has 1 unspecified atom stereocenters. The molecule has 3 nitrogen and oxygen atoms in total. The predicted molar refractivity (Wildman–Crippen MR) is 80.7 cm³/mol. The summed E-state index contributed by atoms with van der Waals surface area (Å²) in [7, 11) is 0. The van der Waals surface area contributed by atoms with Crippen molar-refractivity contribution < 1.29 is 14.3 Å². The molecule has 0 spiro atoms. The lowest BCUT2D eigenvalue weighted by Crippen LogP contribution is -2.25. The number of hydrogen-bond donors (Lipinski definition) is 0. The summed E-state index contributed by atoms with van der Waals surface area (Å²) in [4.78, 5) is 11.2. The molecule has 108 valence electrons. The van der Waals surface area contributed by atoms with Gasteiger partial charge in [-0.3, -0.25) is 4.79 Å². The van der Waals surface area contributed by atoms with Crippen LogP contribution in [0.15, 0.2) is 49.1 Å². The van der Waals surface area contributed by atoms with Gasteiger partial charge in [-0.2, -0.15) is 0 Å². The van der Waals surface area contributed by atoms with Crippen molar-refractivity contribution >= 4 is 5.97 Å². The average Bonchev–Trinajstić information content (AvgIpc) is 2.38. The topological polar surface area (TPSA) is 35.5 Å². The molecular weight excluding hydrogens is 252 g/mol. The molecule has 1 atom stereocenters. The minimum absolute atomic E-state index is 0.328. The van der Waals surface area contributed by atoms with E-state index in [2.05, 4.69) is 6.58 Å². The van der Waals surface area contributed by atoms with E-state index in [0.29, 0.717) is 5.75 Å². The third kappa shape index (κ3) is 4.57. The van der Waals surface area contributed by atoms with Crippen LogP contribution in [0.5, 0.6) is 5.75 Å². The van der Waals surface area contributed by atoms with Crippen LogP contribution in [0.4, 0.5) is 0 Å². The molecule has 0 aliphatic carbocycles. The Bertz CT molecular complexity index is 501. The van der Waals surface area contributed by atoms with Gasteiger partial charge in [0, 0.05) is 12.5 Å². The van der Waals surface area contributed by atoms with Crippen molar-refractivity contribution in [3.8, 4) is 5.75 Å². The van der Waals surface area contributed by atoms with Gasteiger partial charge in [-0.15, -0.1) is 0 Å². The molecule has 0 bridgehead atoms. The van der Waals surface area contributed by atoms with Crippen LogP contribution in [0.25, 0.3) is 0 Å². The standard InChI is InChI=1S/C17H22O3/c1-6-10-15(19-13(3)18)14-11-8-9-12-16(14)20-17(4,5)7-2/h6-12,15H,2H2,1,3-5H3/b10-6+. The third-order valence-electron chi connectivity index (χ3n) is 2.75. The van der Waals surface area contributed by atoms with E-state index in [-0.39, 0.29) is 5.97 Å². The molecule has 0 aliphatic heterocycles. The predicted octanol–water partition coefficient (Wildman–Crippen LogP) is 4.21. The number of rotatable bonds is 6. The van der Waals surface area contributed by atoms with Crippen molar-refractivity contribution in [3.05, 3.63) is 54.6 Å². The Balaban J connectivity index is 3.15. The van der Waals surface area contributed by atoms with Crippen molar-refractivity contribution in [2.24, 2.45) is 0 Å². The second-order valence-corrected chi connectivity index (χ2v) is 5.00. The first-order valence-electron chi connectivity index (χ1n) is 6.61. The van der Waals surface area contributed by atoms with Crippen LogP contribution >= 0.6 is 0 Å². The average molecular weight is 274 g/mol. The molecule has 20 heavy (non-hydrogen) atoms. The van der Waals surface area contributed by atoms with Crippen molar-refractivity contribution in [1.82, 2.24) is 0 Å². The SMILES string of the molecule is C=CC(C)(C)Oc1ccccc1C(/C=C/C)OC(C)=O. The Labute approximate surface area is 120 Å². The maximum atomic E-state index is 11.2. The molecule has 0 saturated carbocycles. The zero-order chi connectivity index (χ0) is 15.2. The molecule has 3 heteroatoms. The van der Waals surface area contributed by atoms with Crippen molar-refractivity contribution in [3.63, 3.8) is 0 Å². The summed E-state index contributed by atoms with van der Waals surface area (Å²) in [5.74, 6) is 0.354. The van der Waals surface area contributed by atoms with E-state index >= 15 is 0 Å². The Hall–Kier alpha value is -2.03. The fourth-order valence-electron chi connectivity index (χ4n) is 1.69. The van der Waals surface area contributed by atoms with E-state index in [1.165, 1.54) is 6.92 Å². The molecule has 0 aliphatic rings. The zero-order valence-corrected chi connectivity index (χ0v) is 12.6. The maximum absolute atomic E-state index is 11.2. The van der Waals surface area contributed by atoms with E-state index in [1.807, 2.05) is 57.2 Å². The quantitative estimate of drug-likeness (QED) is 0.576. The van der Waals surface area contributed by atoms with Crippen LogP contribution in [0, 0.1) is 0 Å². The fraction of sp³-hybridized carbons (Fsp3) is 0.353. The first-order chi connectivity index (χ1) is 9.39. The van der Waals surface area contributed by atoms with Crippen LogP contribution in [-0.4, -0.2) is 11.6 Å². The largest absolute Gasteiger partial charge is 0.483 e. The van der Waals surface area contributed by atoms with Crippen LogP contribution < -0.4 is 4.74 Å². The molecule has 0 N–H and O–H groups in total. The Kier molecular flexibility index (Phi) is 5.56. The number of esters is 1. The van der Waals surface area contributed by atoms with Crippen LogP contribution in [-0.2, 0) is 9.53 Å². The van der Waals surface area contributed by atoms with E-state index in [1.54, 1.807) is 6.08 Å². The maximum Gasteiger partial charge on any atom is 0.303 e. The highest BCUT2D eigenvalue weighted by Gasteiger charge is 2.21. The summed E-state index contributed by atoms with van der Waals surface area (Å²) in [5.41, 5.74) is 0.322. The van der Waals surface area contributed by atoms with Gasteiger partial charge in [0.25, 0.3) is 0 Å². The lowest BCUT2D eigenvalue weighted by Gasteiger charge is -2.25. The molecule has 0 aromatic heterocycles. The minimum atomic E-state index is -0.493. The molecular formula is C17H22O3. The first kappa shape index (κ1) is 16.0. The number of para-hydroxylation sites is 1. The fourth-order valence-corrected chi connectivity index (χ4v) is 1.69. The third-order valence-corrected chi connectivity index (χ3v) is 2.75. The minimum Gasteiger partial charge on any atom is -0.483 e. The second kappa shape index (κ2) is 6.94. The summed E-state index contributed by atoms with van der Waals surface area (Å²) in [5, 5.41) is 0. The first-order valence-corrected chi connectivity index (χ1v) is 6.61. The van der Waals surface area contributed by atoms with Gasteiger partial charge in [0.05, 0.1) is 0 Å². The van der Waals surface area contributed by atoms with Crippen LogP contribution in [0.1, 0.15) is 39.4 Å². The van der Waals surface area contributed by atoms with E-state index in [4.69, 9.17) is 9.47 Å². The smallest absolute Gasteiger partial charge is 0.303 e. The number of allylic oxidation sites excluding steroid dienone is 1. The van der Waals surface area contributed by atoms with Gasteiger partial charge in [-0.05, 0) is 39.0 Å². The normalized spacial score (nSPS) is 13.0. The molecule has 0 amide bonds. The molecule has 1 aromatic carbocycles. The van der Waals surface area contributed by atoms with Gasteiger partial charge in [0.2, 0.25) is 0 Å². The highest BCUT2D eigenvalue weighted by atomic mass is 16.5. The second-order valence-electron chi connectivity index (χ2n) is 5.00. The highest BCUT2D eigenvalue weighted by molar-refractivity contribution is 5.66. The van der Waals surface area contributed by atoms with Gasteiger partial charge >= 0.3 is 5.97 Å². The van der Waals surface area contributed by atoms with Gasteiger partial charge in [-0.1, -0.05) is 30.9 Å². The van der Waals surface area contributed by atoms with Gasteiger partial charge in [-0.25, -0.2) is 0 Å². The zero-order valence-electron chi connectivity index (χ0n) is 12.6. The molecule has 0 fully saturated rings. The number of carbonyl (C=O) groups is 1. The summed E-state index contributed by atoms with van der Waals surface area (Å²) >= 11 is 0. The number of ether oxygens (including phenoxy) is 2. The molecule has 1 rings (SSSR count). The van der Waals surface area contributed by atoms with Gasteiger partial charge < -0.3 is 9.47 Å². The monoisotopic (exact) mass is 274 g/mol. The molecule has 0 saturated heterocycles. The van der Waals surface area contributed by atoms with E-state index < -0.39 is 11.7 Å². The summed E-state index contributed by atoms with van der Waals surface area (Å²) < 4.78 is 11.3. The lowest BCUT2D eigenvalue weighted by atomic mass is 10.1. The summed E-state index contributed by atoms with van der Waals surface area (Å²) in [6.07, 6.45) is 4.96. The van der Waals surface area contributed by atoms with Gasteiger partial charge in [0.15, 0.2) is 0 Å². The van der Waals surface area contributed by atoms with Crippen molar-refractivity contribution in [1.29, 1.82) is 0 Å². The molecule has 0 heterocycles. The van der Waals surface area contributed by atoms with E-state index in [0.717, 1.165) is 5.56 Å². The summed E-state index contributed by atoms with van der Waals surface area (Å²) in [6.45, 7) is 10.9. The molecule has 0 radical (unpaired) electrons. The number of hydrogen-bond acceptors (Lipinski definition) is 3. The Morgan fingerprint density at radius 2 is 2.00 bits per heavy atom. The van der Waals surface area contributed by atoms with Crippen molar-refractivity contribution in [2.45, 2.75) is 39.4 Å². The van der Waals surface area contributed by atoms with Crippen molar-refractivity contribution in [2.75, 3.05) is 0 Å². The summed E-state index contributed by atoms with van der Waals surface area (Å²) in [6, 6.07) is 7.53. The Morgan fingerprint density at radius 1 is 1.35 bits per heavy atom. The lowest BCUT2D eigenvalue weighted by molar-refractivity contribution is -0.144.